The molecule has 0 bridgehead atoms. The largest absolute Gasteiger partial charge is 0.469 e. The van der Waals surface area contributed by atoms with Gasteiger partial charge in [-0.05, 0) is 12.5 Å². The van der Waals surface area contributed by atoms with Crippen molar-refractivity contribution in [2.45, 2.75) is 13.1 Å². The van der Waals surface area contributed by atoms with Gasteiger partial charge in [0.15, 0.2) is 0 Å². The predicted molar refractivity (Wildman–Crippen MR) is 51.5 cm³/mol. The maximum absolute atomic E-state index is 13.7. The van der Waals surface area contributed by atoms with E-state index in [9.17, 15) is 9.18 Å². The first-order valence-electron chi connectivity index (χ1n) is 4.43. The Morgan fingerprint density at radius 1 is 1.36 bits per heavy atom. The van der Waals surface area contributed by atoms with Crippen LogP contribution in [0, 0.1) is 5.92 Å². The summed E-state index contributed by atoms with van der Waals surface area (Å²) in [4.78, 5) is 11.1. The second-order valence-corrected chi connectivity index (χ2v) is 3.12. The van der Waals surface area contributed by atoms with Gasteiger partial charge in [0.2, 0.25) is 0 Å². The summed E-state index contributed by atoms with van der Waals surface area (Å²) >= 11 is 0. The molecule has 76 valence electrons. The van der Waals surface area contributed by atoms with Crippen LogP contribution in [0.2, 0.25) is 0 Å². The third-order valence-electron chi connectivity index (χ3n) is 2.13. The number of ether oxygens (including phenoxy) is 1. The molecule has 0 N–H and O–H groups in total. The van der Waals surface area contributed by atoms with E-state index in [2.05, 4.69) is 4.74 Å². The molecule has 3 heteroatoms. The average Bonchev–Trinajstić information content (AvgIpc) is 2.27. The van der Waals surface area contributed by atoms with Gasteiger partial charge in [-0.15, -0.1) is 0 Å². The van der Waals surface area contributed by atoms with E-state index >= 15 is 0 Å². The number of halogens is 1. The van der Waals surface area contributed by atoms with E-state index in [-0.39, 0.29) is 0 Å². The van der Waals surface area contributed by atoms with E-state index in [4.69, 9.17) is 0 Å². The summed E-state index contributed by atoms with van der Waals surface area (Å²) in [6.45, 7) is 1.52. The summed E-state index contributed by atoms with van der Waals surface area (Å²) < 4.78 is 18.1. The lowest BCUT2D eigenvalue weighted by Crippen LogP contribution is -2.18. The van der Waals surface area contributed by atoms with Crippen molar-refractivity contribution in [1.29, 1.82) is 0 Å². The van der Waals surface area contributed by atoms with Crippen molar-refractivity contribution in [2.24, 2.45) is 5.92 Å². The summed E-state index contributed by atoms with van der Waals surface area (Å²) in [5.74, 6) is -1.29. The van der Waals surface area contributed by atoms with Crippen LogP contribution < -0.4 is 0 Å². The van der Waals surface area contributed by atoms with Gasteiger partial charge in [-0.25, -0.2) is 4.39 Å². The van der Waals surface area contributed by atoms with Gasteiger partial charge in [0.05, 0.1) is 13.0 Å². The minimum Gasteiger partial charge on any atom is -0.469 e. The SMILES string of the molecule is COC(=O)[C@H](C)[C@H](F)c1ccccc1. The van der Waals surface area contributed by atoms with Crippen LogP contribution in [-0.2, 0) is 9.53 Å². The predicted octanol–water partition coefficient (Wildman–Crippen LogP) is 2.51. The quantitative estimate of drug-likeness (QED) is 0.694. The average molecular weight is 196 g/mol. The van der Waals surface area contributed by atoms with Crippen LogP contribution in [0.4, 0.5) is 4.39 Å². The van der Waals surface area contributed by atoms with Crippen LogP contribution in [0.25, 0.3) is 0 Å². The van der Waals surface area contributed by atoms with Gasteiger partial charge in [0, 0.05) is 0 Å². The zero-order chi connectivity index (χ0) is 10.6. The van der Waals surface area contributed by atoms with Crippen LogP contribution in [0.3, 0.4) is 0 Å². The third-order valence-corrected chi connectivity index (χ3v) is 2.13. The number of esters is 1. The van der Waals surface area contributed by atoms with E-state index in [0.29, 0.717) is 5.56 Å². The Hall–Kier alpha value is -1.38. The highest BCUT2D eigenvalue weighted by Crippen LogP contribution is 2.26. The first-order valence-corrected chi connectivity index (χ1v) is 4.43. The summed E-state index contributed by atoms with van der Waals surface area (Å²) in [6.07, 6.45) is -1.30. The lowest BCUT2D eigenvalue weighted by molar-refractivity contribution is -0.147. The van der Waals surface area contributed by atoms with Gasteiger partial charge >= 0.3 is 5.97 Å². The maximum Gasteiger partial charge on any atom is 0.311 e. The Bertz CT molecular complexity index is 297. The molecular weight excluding hydrogens is 183 g/mol. The number of hydrogen-bond donors (Lipinski definition) is 0. The van der Waals surface area contributed by atoms with Crippen LogP contribution in [0.5, 0.6) is 0 Å². The van der Waals surface area contributed by atoms with Crippen molar-refractivity contribution in [3.8, 4) is 0 Å². The number of hydrogen-bond acceptors (Lipinski definition) is 2. The highest BCUT2D eigenvalue weighted by atomic mass is 19.1. The van der Waals surface area contributed by atoms with Gasteiger partial charge in [0.25, 0.3) is 0 Å². The van der Waals surface area contributed by atoms with Gasteiger partial charge in [-0.2, -0.15) is 0 Å². The zero-order valence-electron chi connectivity index (χ0n) is 8.24. The zero-order valence-corrected chi connectivity index (χ0v) is 8.24. The van der Waals surface area contributed by atoms with Crippen molar-refractivity contribution >= 4 is 5.97 Å². The molecule has 2 atom stereocenters. The van der Waals surface area contributed by atoms with Crippen molar-refractivity contribution in [3.63, 3.8) is 0 Å². The molecule has 1 aromatic carbocycles. The highest BCUT2D eigenvalue weighted by Gasteiger charge is 2.25. The molecule has 1 rings (SSSR count). The molecule has 0 radical (unpaired) electrons. The van der Waals surface area contributed by atoms with Crippen LogP contribution >= 0.6 is 0 Å². The molecule has 0 heterocycles. The summed E-state index contributed by atoms with van der Waals surface area (Å²) in [7, 11) is 1.26. The first-order chi connectivity index (χ1) is 6.66. The van der Waals surface area contributed by atoms with Gasteiger partial charge in [0.1, 0.15) is 6.17 Å². The molecule has 2 nitrogen and oxygen atoms in total. The summed E-state index contributed by atoms with van der Waals surface area (Å²) in [6, 6.07) is 8.60. The van der Waals surface area contributed by atoms with Gasteiger partial charge in [-0.1, -0.05) is 30.3 Å². The standard InChI is InChI=1S/C11H13FO2/c1-8(11(13)14-2)10(12)9-6-4-3-5-7-9/h3-8,10H,1-2H3/t8-,10+/m1/s1. The summed E-state index contributed by atoms with van der Waals surface area (Å²) in [5, 5.41) is 0. The van der Waals surface area contributed by atoms with E-state index in [1.807, 2.05) is 0 Å². The molecule has 0 aliphatic heterocycles. The van der Waals surface area contributed by atoms with E-state index in [1.165, 1.54) is 14.0 Å². The number of alkyl halides is 1. The fraction of sp³-hybridized carbons (Fsp3) is 0.364. The summed E-state index contributed by atoms with van der Waals surface area (Å²) in [5.41, 5.74) is 0.505. The van der Waals surface area contributed by atoms with Crippen LogP contribution in [-0.4, -0.2) is 13.1 Å². The van der Waals surface area contributed by atoms with Crippen LogP contribution in [0.15, 0.2) is 30.3 Å². The lowest BCUT2D eigenvalue weighted by Gasteiger charge is -2.14. The smallest absolute Gasteiger partial charge is 0.311 e. The van der Waals surface area contributed by atoms with Crippen molar-refractivity contribution in [3.05, 3.63) is 35.9 Å². The molecule has 0 fully saturated rings. The topological polar surface area (TPSA) is 26.3 Å². The molecule has 0 aliphatic rings. The highest BCUT2D eigenvalue weighted by molar-refractivity contribution is 5.72. The first kappa shape index (κ1) is 10.7. The minimum atomic E-state index is -1.30. The number of methoxy groups -OCH3 is 1. The Kier molecular flexibility index (Phi) is 3.63. The molecule has 14 heavy (non-hydrogen) atoms. The second-order valence-electron chi connectivity index (χ2n) is 3.12. The number of carbonyl (C=O) groups excluding carboxylic acids is 1. The van der Waals surface area contributed by atoms with Gasteiger partial charge in [-0.3, -0.25) is 4.79 Å². The second kappa shape index (κ2) is 4.74. The Morgan fingerprint density at radius 3 is 2.43 bits per heavy atom. The molecule has 0 aliphatic carbocycles. The molecule has 0 aromatic heterocycles. The molecule has 0 saturated heterocycles. The molecular formula is C11H13FO2. The van der Waals surface area contributed by atoms with E-state index < -0.39 is 18.1 Å². The Labute approximate surface area is 82.7 Å². The molecule has 0 unspecified atom stereocenters. The number of rotatable bonds is 3. The van der Waals surface area contributed by atoms with Crippen molar-refractivity contribution in [1.82, 2.24) is 0 Å². The molecule has 0 amide bonds. The normalized spacial score (nSPS) is 14.5. The van der Waals surface area contributed by atoms with Crippen molar-refractivity contribution in [2.75, 3.05) is 7.11 Å². The fourth-order valence-electron chi connectivity index (χ4n) is 1.23. The monoisotopic (exact) mass is 196 g/mol. The van der Waals surface area contributed by atoms with E-state index in [0.717, 1.165) is 0 Å². The van der Waals surface area contributed by atoms with Crippen molar-refractivity contribution < 1.29 is 13.9 Å². The molecule has 1 aromatic rings. The van der Waals surface area contributed by atoms with E-state index in [1.54, 1.807) is 30.3 Å². The third kappa shape index (κ3) is 2.31. The Morgan fingerprint density at radius 2 is 1.93 bits per heavy atom. The molecule has 0 saturated carbocycles. The number of carbonyl (C=O) groups is 1. The maximum atomic E-state index is 13.7. The van der Waals surface area contributed by atoms with Gasteiger partial charge < -0.3 is 4.74 Å². The fourth-order valence-corrected chi connectivity index (χ4v) is 1.23. The Balaban J connectivity index is 2.75. The lowest BCUT2D eigenvalue weighted by atomic mass is 9.99. The molecule has 0 spiro atoms. The minimum absolute atomic E-state index is 0.505. The van der Waals surface area contributed by atoms with Crippen LogP contribution in [0.1, 0.15) is 18.7 Å². The number of benzene rings is 1.